The normalized spacial score (nSPS) is 12.3. The molecule has 0 radical (unpaired) electrons. The minimum absolute atomic E-state index is 0.324. The van der Waals surface area contributed by atoms with Crippen LogP contribution in [-0.2, 0) is 4.79 Å². The van der Waals surface area contributed by atoms with Crippen molar-refractivity contribution in [1.82, 2.24) is 0 Å². The van der Waals surface area contributed by atoms with Crippen molar-refractivity contribution in [3.05, 3.63) is 12.7 Å². The second kappa shape index (κ2) is 12.7. The summed E-state index contributed by atoms with van der Waals surface area (Å²) in [4.78, 5) is 10.4. The Balaban J connectivity index is 3.14. The van der Waals surface area contributed by atoms with Crippen molar-refractivity contribution in [1.29, 1.82) is 0 Å². The lowest BCUT2D eigenvalue weighted by molar-refractivity contribution is -0.137. The Morgan fingerprint density at radius 1 is 1.06 bits per heavy atom. The fourth-order valence-corrected chi connectivity index (χ4v) is 2.18. The topological polar surface area (TPSA) is 37.3 Å². The molecule has 0 aromatic carbocycles. The van der Waals surface area contributed by atoms with E-state index in [1.54, 1.807) is 0 Å². The SMILES string of the molecule is C=CCCCCCCCCCC(C)CCC(=O)O. The van der Waals surface area contributed by atoms with Crippen LogP contribution < -0.4 is 0 Å². The summed E-state index contributed by atoms with van der Waals surface area (Å²) in [6.45, 7) is 5.89. The molecule has 2 nitrogen and oxygen atoms in total. The maximum absolute atomic E-state index is 10.4. The van der Waals surface area contributed by atoms with Crippen LogP contribution in [0.5, 0.6) is 0 Å². The van der Waals surface area contributed by atoms with Crippen molar-refractivity contribution in [2.45, 2.75) is 77.6 Å². The van der Waals surface area contributed by atoms with Crippen LogP contribution in [0.3, 0.4) is 0 Å². The van der Waals surface area contributed by atoms with Gasteiger partial charge >= 0.3 is 5.97 Å². The van der Waals surface area contributed by atoms with Gasteiger partial charge < -0.3 is 5.11 Å². The van der Waals surface area contributed by atoms with Gasteiger partial charge in [-0.25, -0.2) is 0 Å². The number of hydrogen-bond donors (Lipinski definition) is 1. The number of aliphatic carboxylic acids is 1. The predicted octanol–water partition coefficient (Wildman–Crippen LogP) is 5.18. The monoisotopic (exact) mass is 254 g/mol. The van der Waals surface area contributed by atoms with Gasteiger partial charge in [-0.2, -0.15) is 0 Å². The van der Waals surface area contributed by atoms with Gasteiger partial charge in [-0.3, -0.25) is 4.79 Å². The van der Waals surface area contributed by atoms with E-state index in [1.807, 2.05) is 6.08 Å². The molecular weight excluding hydrogens is 224 g/mol. The molecule has 0 saturated heterocycles. The smallest absolute Gasteiger partial charge is 0.303 e. The highest BCUT2D eigenvalue weighted by atomic mass is 16.4. The average molecular weight is 254 g/mol. The fourth-order valence-electron chi connectivity index (χ4n) is 2.18. The van der Waals surface area contributed by atoms with E-state index < -0.39 is 5.97 Å². The molecule has 0 aliphatic rings. The van der Waals surface area contributed by atoms with Crippen LogP contribution in [0.15, 0.2) is 12.7 Å². The van der Waals surface area contributed by atoms with Crippen molar-refractivity contribution in [2.24, 2.45) is 5.92 Å². The third kappa shape index (κ3) is 13.3. The van der Waals surface area contributed by atoms with Crippen LogP contribution in [0.1, 0.15) is 77.6 Å². The molecule has 0 heterocycles. The lowest BCUT2D eigenvalue weighted by atomic mass is 9.97. The van der Waals surface area contributed by atoms with Crippen molar-refractivity contribution < 1.29 is 9.90 Å². The molecule has 0 aromatic rings. The van der Waals surface area contributed by atoms with E-state index in [-0.39, 0.29) is 0 Å². The zero-order valence-electron chi connectivity index (χ0n) is 12.0. The van der Waals surface area contributed by atoms with Crippen molar-refractivity contribution in [3.63, 3.8) is 0 Å². The highest BCUT2D eigenvalue weighted by Gasteiger charge is 2.04. The molecule has 0 saturated carbocycles. The minimum atomic E-state index is -0.665. The first kappa shape index (κ1) is 17.2. The Morgan fingerprint density at radius 3 is 2.17 bits per heavy atom. The molecule has 0 aliphatic heterocycles. The average Bonchev–Trinajstić information content (AvgIpc) is 2.34. The first-order valence-electron chi connectivity index (χ1n) is 7.49. The molecule has 106 valence electrons. The molecule has 0 aliphatic carbocycles. The summed E-state index contributed by atoms with van der Waals surface area (Å²) < 4.78 is 0. The van der Waals surface area contributed by atoms with Crippen molar-refractivity contribution in [2.75, 3.05) is 0 Å². The van der Waals surface area contributed by atoms with Gasteiger partial charge in [0.25, 0.3) is 0 Å². The Hall–Kier alpha value is -0.790. The molecule has 0 bridgehead atoms. The van der Waals surface area contributed by atoms with E-state index in [1.165, 1.54) is 51.4 Å². The van der Waals surface area contributed by atoms with Crippen LogP contribution in [0.4, 0.5) is 0 Å². The Bertz CT molecular complexity index is 211. The summed E-state index contributed by atoms with van der Waals surface area (Å²) >= 11 is 0. The first-order valence-corrected chi connectivity index (χ1v) is 7.49. The number of carbonyl (C=O) groups is 1. The number of carboxylic acids is 1. The second-order valence-corrected chi connectivity index (χ2v) is 5.38. The Labute approximate surface area is 112 Å². The zero-order valence-corrected chi connectivity index (χ0v) is 12.0. The minimum Gasteiger partial charge on any atom is -0.481 e. The summed E-state index contributed by atoms with van der Waals surface area (Å²) in [6.07, 6.45) is 14.7. The molecule has 18 heavy (non-hydrogen) atoms. The predicted molar refractivity (Wildman–Crippen MR) is 77.8 cm³/mol. The lowest BCUT2D eigenvalue weighted by Crippen LogP contribution is -2.01. The van der Waals surface area contributed by atoms with E-state index in [0.29, 0.717) is 12.3 Å². The van der Waals surface area contributed by atoms with E-state index in [2.05, 4.69) is 13.5 Å². The maximum Gasteiger partial charge on any atom is 0.303 e. The van der Waals surface area contributed by atoms with Gasteiger partial charge in [0.05, 0.1) is 0 Å². The van der Waals surface area contributed by atoms with E-state index in [9.17, 15) is 4.79 Å². The Morgan fingerprint density at radius 2 is 1.61 bits per heavy atom. The fraction of sp³-hybridized carbons (Fsp3) is 0.812. The molecule has 1 N–H and O–H groups in total. The van der Waals surface area contributed by atoms with Crippen LogP contribution >= 0.6 is 0 Å². The Kier molecular flexibility index (Phi) is 12.1. The van der Waals surface area contributed by atoms with E-state index in [4.69, 9.17) is 5.11 Å². The van der Waals surface area contributed by atoms with Gasteiger partial charge in [-0.15, -0.1) is 6.58 Å². The summed E-state index contributed by atoms with van der Waals surface area (Å²) in [5, 5.41) is 8.59. The summed E-state index contributed by atoms with van der Waals surface area (Å²) in [7, 11) is 0. The number of rotatable bonds is 13. The highest BCUT2D eigenvalue weighted by Crippen LogP contribution is 2.16. The second-order valence-electron chi connectivity index (χ2n) is 5.38. The number of unbranched alkanes of at least 4 members (excludes halogenated alkanes) is 7. The summed E-state index contributed by atoms with van der Waals surface area (Å²) in [5.41, 5.74) is 0. The maximum atomic E-state index is 10.4. The lowest BCUT2D eigenvalue weighted by Gasteiger charge is -2.09. The first-order chi connectivity index (χ1) is 8.66. The molecule has 1 atom stereocenters. The molecule has 2 heteroatoms. The van der Waals surface area contributed by atoms with Gasteiger partial charge in [0.1, 0.15) is 0 Å². The number of carboxylic acid groups (broad SMARTS) is 1. The standard InChI is InChI=1S/C16H30O2/c1-3-4-5-6-7-8-9-10-11-12-15(2)13-14-16(17)18/h3,15H,1,4-14H2,2H3,(H,17,18). The summed E-state index contributed by atoms with van der Waals surface area (Å²) in [6, 6.07) is 0. The summed E-state index contributed by atoms with van der Waals surface area (Å²) in [5.74, 6) is -0.102. The van der Waals surface area contributed by atoms with Crippen molar-refractivity contribution >= 4 is 5.97 Å². The van der Waals surface area contributed by atoms with E-state index >= 15 is 0 Å². The molecule has 0 amide bonds. The van der Waals surface area contributed by atoms with Gasteiger partial charge in [-0.05, 0) is 25.2 Å². The van der Waals surface area contributed by atoms with Crippen LogP contribution in [0.2, 0.25) is 0 Å². The molecule has 0 rings (SSSR count). The third-order valence-corrected chi connectivity index (χ3v) is 3.46. The molecule has 0 spiro atoms. The molecule has 0 aromatic heterocycles. The molecule has 1 unspecified atom stereocenters. The van der Waals surface area contributed by atoms with Crippen LogP contribution in [0.25, 0.3) is 0 Å². The van der Waals surface area contributed by atoms with Gasteiger partial charge in [0.2, 0.25) is 0 Å². The third-order valence-electron chi connectivity index (χ3n) is 3.46. The largest absolute Gasteiger partial charge is 0.481 e. The zero-order chi connectivity index (χ0) is 13.6. The van der Waals surface area contributed by atoms with Crippen molar-refractivity contribution in [3.8, 4) is 0 Å². The quantitative estimate of drug-likeness (QED) is 0.363. The van der Waals surface area contributed by atoms with E-state index in [0.717, 1.165) is 12.8 Å². The van der Waals surface area contributed by atoms with Gasteiger partial charge in [0.15, 0.2) is 0 Å². The van der Waals surface area contributed by atoms with Crippen LogP contribution in [0, 0.1) is 5.92 Å². The molecule has 0 fully saturated rings. The highest BCUT2D eigenvalue weighted by molar-refractivity contribution is 5.66. The van der Waals surface area contributed by atoms with Crippen LogP contribution in [-0.4, -0.2) is 11.1 Å². The molecular formula is C16H30O2. The number of allylic oxidation sites excluding steroid dienone is 1. The van der Waals surface area contributed by atoms with Gasteiger partial charge in [-0.1, -0.05) is 57.9 Å². The number of hydrogen-bond acceptors (Lipinski definition) is 1. The van der Waals surface area contributed by atoms with Gasteiger partial charge in [0, 0.05) is 6.42 Å².